The van der Waals surface area contributed by atoms with Crippen molar-refractivity contribution in [1.82, 2.24) is 4.98 Å². The molecule has 2 heterocycles. The lowest BCUT2D eigenvalue weighted by Crippen LogP contribution is -2.34. The molecule has 5 nitrogen and oxygen atoms in total. The summed E-state index contributed by atoms with van der Waals surface area (Å²) in [6, 6.07) is 16.0. The van der Waals surface area contributed by atoms with Gasteiger partial charge in [0, 0.05) is 10.9 Å². The molecule has 0 saturated heterocycles. The van der Waals surface area contributed by atoms with Crippen molar-refractivity contribution in [1.29, 1.82) is 0 Å². The van der Waals surface area contributed by atoms with Crippen LogP contribution < -0.4 is 4.74 Å². The molecule has 5 heteroatoms. The molecular weight excluding hydrogens is 330 g/mol. The highest BCUT2D eigenvalue weighted by Crippen LogP contribution is 2.39. The second-order valence-electron chi connectivity index (χ2n) is 6.86. The highest BCUT2D eigenvalue weighted by Gasteiger charge is 2.38. The number of carbonyl (C=O) groups is 1. The molecule has 0 fully saturated rings. The molecule has 1 aliphatic heterocycles. The van der Waals surface area contributed by atoms with Crippen LogP contribution in [0.4, 0.5) is 0 Å². The standard InChI is InChI=1S/C21H21NO4/c1-21(12-19(23)24)20-16(9-10-26-21)17-11-15(7-8-18(17)22-20)25-13-14-5-3-2-4-6-14/h2-8,11,22H,9-10,12-13H2,1H3,(H,23,24). The normalized spacial score (nSPS) is 19.3. The molecule has 134 valence electrons. The summed E-state index contributed by atoms with van der Waals surface area (Å²) in [4.78, 5) is 14.6. The Labute approximate surface area is 151 Å². The molecule has 2 aromatic carbocycles. The third kappa shape index (κ3) is 3.06. The van der Waals surface area contributed by atoms with Crippen molar-refractivity contribution >= 4 is 16.9 Å². The van der Waals surface area contributed by atoms with Crippen molar-refractivity contribution < 1.29 is 19.4 Å². The summed E-state index contributed by atoms with van der Waals surface area (Å²) in [5, 5.41) is 10.3. The van der Waals surface area contributed by atoms with E-state index in [1.54, 1.807) is 0 Å². The predicted octanol–water partition coefficient (Wildman–Crippen LogP) is 4.01. The number of hydrogen-bond donors (Lipinski definition) is 2. The van der Waals surface area contributed by atoms with Gasteiger partial charge in [-0.25, -0.2) is 0 Å². The molecule has 2 N–H and O–H groups in total. The molecule has 0 aliphatic carbocycles. The quantitative estimate of drug-likeness (QED) is 0.728. The van der Waals surface area contributed by atoms with Gasteiger partial charge in [-0.2, -0.15) is 0 Å². The lowest BCUT2D eigenvalue weighted by molar-refractivity contribution is -0.146. The molecule has 1 atom stereocenters. The van der Waals surface area contributed by atoms with Crippen LogP contribution in [0.5, 0.6) is 5.75 Å². The average molecular weight is 351 g/mol. The molecule has 0 saturated carbocycles. The Morgan fingerprint density at radius 3 is 2.85 bits per heavy atom. The molecule has 3 aromatic rings. The van der Waals surface area contributed by atoms with Gasteiger partial charge in [0.1, 0.15) is 18.0 Å². The van der Waals surface area contributed by atoms with Crippen LogP contribution in [0.1, 0.15) is 30.2 Å². The van der Waals surface area contributed by atoms with Gasteiger partial charge in [0.25, 0.3) is 0 Å². The lowest BCUT2D eigenvalue weighted by Gasteiger charge is -2.32. The van der Waals surface area contributed by atoms with Crippen LogP contribution in [0.25, 0.3) is 10.9 Å². The Balaban J connectivity index is 1.65. The predicted molar refractivity (Wildman–Crippen MR) is 98.3 cm³/mol. The summed E-state index contributed by atoms with van der Waals surface area (Å²) in [7, 11) is 0. The second-order valence-corrected chi connectivity index (χ2v) is 6.86. The first kappa shape index (κ1) is 16.7. The van der Waals surface area contributed by atoms with E-state index in [-0.39, 0.29) is 6.42 Å². The number of hydrogen-bond acceptors (Lipinski definition) is 3. The number of carboxylic acids is 1. The zero-order valence-electron chi connectivity index (χ0n) is 14.6. The van der Waals surface area contributed by atoms with E-state index in [0.29, 0.717) is 13.2 Å². The first-order chi connectivity index (χ1) is 12.5. The van der Waals surface area contributed by atoms with E-state index in [2.05, 4.69) is 4.98 Å². The zero-order chi connectivity index (χ0) is 18.1. The van der Waals surface area contributed by atoms with Gasteiger partial charge in [-0.05, 0) is 42.7 Å². The van der Waals surface area contributed by atoms with Crippen molar-refractivity contribution in [2.75, 3.05) is 6.61 Å². The Morgan fingerprint density at radius 2 is 2.08 bits per heavy atom. The Bertz CT molecular complexity index is 947. The van der Waals surface area contributed by atoms with E-state index in [9.17, 15) is 9.90 Å². The van der Waals surface area contributed by atoms with Gasteiger partial charge in [0.15, 0.2) is 0 Å². The van der Waals surface area contributed by atoms with Crippen LogP contribution >= 0.6 is 0 Å². The summed E-state index contributed by atoms with van der Waals surface area (Å²) in [6.07, 6.45) is 0.691. The highest BCUT2D eigenvalue weighted by atomic mass is 16.5. The number of ether oxygens (including phenoxy) is 2. The average Bonchev–Trinajstić information content (AvgIpc) is 3.00. The van der Waals surface area contributed by atoms with Crippen molar-refractivity contribution in [3.8, 4) is 5.75 Å². The maximum atomic E-state index is 11.3. The minimum atomic E-state index is -0.870. The Morgan fingerprint density at radius 1 is 1.27 bits per heavy atom. The van der Waals surface area contributed by atoms with Gasteiger partial charge in [-0.3, -0.25) is 4.79 Å². The maximum Gasteiger partial charge on any atom is 0.306 e. The summed E-state index contributed by atoms with van der Waals surface area (Å²) < 4.78 is 11.8. The molecular formula is C21H21NO4. The van der Waals surface area contributed by atoms with Gasteiger partial charge < -0.3 is 19.6 Å². The molecule has 1 aromatic heterocycles. The molecule has 0 amide bonds. The topological polar surface area (TPSA) is 71.5 Å². The summed E-state index contributed by atoms with van der Waals surface area (Å²) in [5.74, 6) is -0.0690. The number of benzene rings is 2. The van der Waals surface area contributed by atoms with E-state index in [4.69, 9.17) is 9.47 Å². The van der Waals surface area contributed by atoms with Gasteiger partial charge >= 0.3 is 5.97 Å². The maximum absolute atomic E-state index is 11.3. The molecule has 1 aliphatic rings. The summed E-state index contributed by atoms with van der Waals surface area (Å²) >= 11 is 0. The molecule has 0 spiro atoms. The van der Waals surface area contributed by atoms with Crippen LogP contribution in [-0.4, -0.2) is 22.7 Å². The Kier molecular flexibility index (Phi) is 4.17. The van der Waals surface area contributed by atoms with Gasteiger partial charge in [-0.15, -0.1) is 0 Å². The molecule has 1 unspecified atom stereocenters. The van der Waals surface area contributed by atoms with Crippen molar-refractivity contribution in [3.05, 3.63) is 65.4 Å². The fourth-order valence-corrected chi connectivity index (χ4v) is 3.65. The van der Waals surface area contributed by atoms with E-state index >= 15 is 0 Å². The SMILES string of the molecule is CC1(CC(=O)O)OCCc2c1[nH]c1ccc(OCc3ccccc3)cc21. The highest BCUT2D eigenvalue weighted by molar-refractivity contribution is 5.87. The number of nitrogens with one attached hydrogen (secondary N) is 1. The molecule has 0 radical (unpaired) electrons. The number of fused-ring (bicyclic) bond motifs is 3. The number of H-pyrrole nitrogens is 1. The van der Waals surface area contributed by atoms with Crippen LogP contribution in [-0.2, 0) is 28.2 Å². The van der Waals surface area contributed by atoms with Gasteiger partial charge in [0.2, 0.25) is 0 Å². The number of carboxylic acid groups (broad SMARTS) is 1. The van der Waals surface area contributed by atoms with Crippen molar-refractivity contribution in [2.45, 2.75) is 32.0 Å². The first-order valence-electron chi connectivity index (χ1n) is 8.73. The van der Waals surface area contributed by atoms with Crippen LogP contribution in [0.3, 0.4) is 0 Å². The fourth-order valence-electron chi connectivity index (χ4n) is 3.65. The zero-order valence-corrected chi connectivity index (χ0v) is 14.6. The van der Waals surface area contributed by atoms with E-state index in [0.717, 1.165) is 39.9 Å². The lowest BCUT2D eigenvalue weighted by atomic mass is 9.90. The first-order valence-corrected chi connectivity index (χ1v) is 8.73. The number of aromatic nitrogens is 1. The second kappa shape index (κ2) is 6.50. The number of rotatable bonds is 5. The summed E-state index contributed by atoms with van der Waals surface area (Å²) in [5.41, 5.74) is 3.25. The van der Waals surface area contributed by atoms with E-state index in [1.807, 2.05) is 55.5 Å². The van der Waals surface area contributed by atoms with Crippen molar-refractivity contribution in [3.63, 3.8) is 0 Å². The molecule has 26 heavy (non-hydrogen) atoms. The monoisotopic (exact) mass is 351 g/mol. The Hall–Kier alpha value is -2.79. The van der Waals surface area contributed by atoms with Crippen molar-refractivity contribution in [2.24, 2.45) is 0 Å². The van der Waals surface area contributed by atoms with Crippen LogP contribution in [0.15, 0.2) is 48.5 Å². The molecule has 0 bridgehead atoms. The van der Waals surface area contributed by atoms with E-state index < -0.39 is 11.6 Å². The summed E-state index contributed by atoms with van der Waals surface area (Å²) in [6.45, 7) is 2.86. The largest absolute Gasteiger partial charge is 0.489 e. The third-order valence-corrected chi connectivity index (χ3v) is 4.92. The smallest absolute Gasteiger partial charge is 0.306 e. The number of aliphatic carboxylic acids is 1. The van der Waals surface area contributed by atoms with Gasteiger partial charge in [-0.1, -0.05) is 30.3 Å². The number of aromatic amines is 1. The van der Waals surface area contributed by atoms with Crippen LogP contribution in [0.2, 0.25) is 0 Å². The van der Waals surface area contributed by atoms with E-state index in [1.165, 1.54) is 0 Å². The molecule has 4 rings (SSSR count). The van der Waals surface area contributed by atoms with Gasteiger partial charge in [0.05, 0.1) is 18.7 Å². The minimum absolute atomic E-state index is 0.0653. The fraction of sp³-hybridized carbons (Fsp3) is 0.286. The third-order valence-electron chi connectivity index (χ3n) is 4.92. The minimum Gasteiger partial charge on any atom is -0.489 e. The van der Waals surface area contributed by atoms with Crippen LogP contribution in [0, 0.1) is 0 Å².